The van der Waals surface area contributed by atoms with Crippen LogP contribution in [0, 0.1) is 28.9 Å². The molecule has 21 heavy (non-hydrogen) atoms. The summed E-state index contributed by atoms with van der Waals surface area (Å²) in [4.78, 5) is 27.9. The molecule has 3 rings (SSSR count). The Kier molecular flexibility index (Phi) is 3.27. The average molecular weight is 291 g/mol. The van der Waals surface area contributed by atoms with Gasteiger partial charge in [0.2, 0.25) is 0 Å². The predicted molar refractivity (Wildman–Crippen MR) is 75.2 cm³/mol. The van der Waals surface area contributed by atoms with Crippen molar-refractivity contribution in [2.45, 2.75) is 32.2 Å². The molecule has 0 amide bonds. The van der Waals surface area contributed by atoms with Crippen LogP contribution in [0.3, 0.4) is 0 Å². The van der Waals surface area contributed by atoms with Crippen molar-refractivity contribution in [3.05, 3.63) is 27.9 Å². The monoisotopic (exact) mass is 291 g/mol. The van der Waals surface area contributed by atoms with Crippen LogP contribution in [0.2, 0.25) is 0 Å². The molecule has 1 aliphatic heterocycles. The molecule has 3 unspecified atom stereocenters. The van der Waals surface area contributed by atoms with Gasteiger partial charge in [0.05, 0.1) is 4.92 Å². The van der Waals surface area contributed by atoms with Crippen LogP contribution in [0.25, 0.3) is 0 Å². The number of fused-ring (bicyclic) bond motifs is 1. The number of hydrogen-bond acceptors (Lipinski definition) is 5. The molecule has 1 saturated heterocycles. The lowest BCUT2D eigenvalue weighted by Gasteiger charge is -2.25. The minimum atomic E-state index is -0.831. The highest BCUT2D eigenvalue weighted by Crippen LogP contribution is 2.43. The Labute approximate surface area is 121 Å². The van der Waals surface area contributed by atoms with Crippen LogP contribution in [-0.2, 0) is 4.79 Å². The van der Waals surface area contributed by atoms with Crippen molar-refractivity contribution >= 4 is 17.5 Å². The average Bonchev–Trinajstić information content (AvgIpc) is 2.96. The molecule has 2 heterocycles. The third-order valence-corrected chi connectivity index (χ3v) is 4.70. The van der Waals surface area contributed by atoms with Gasteiger partial charge in [-0.1, -0.05) is 6.42 Å². The molecule has 1 aromatic rings. The molecule has 0 aromatic carbocycles. The fraction of sp³-hybridized carbons (Fsp3) is 0.571. The van der Waals surface area contributed by atoms with E-state index in [1.807, 2.05) is 0 Å². The summed E-state index contributed by atoms with van der Waals surface area (Å²) in [6.07, 6.45) is 4.29. The zero-order valence-corrected chi connectivity index (χ0v) is 11.7. The number of rotatable bonds is 3. The lowest BCUT2D eigenvalue weighted by molar-refractivity contribution is -0.385. The molecule has 7 nitrogen and oxygen atoms in total. The van der Waals surface area contributed by atoms with Gasteiger partial charge in [0, 0.05) is 12.1 Å². The third kappa shape index (κ3) is 2.22. The Balaban J connectivity index is 1.94. The Morgan fingerprint density at radius 1 is 1.52 bits per heavy atom. The smallest absolute Gasteiger partial charge is 0.326 e. The molecule has 1 aromatic heterocycles. The molecule has 0 radical (unpaired) electrons. The molecule has 2 aliphatic rings. The van der Waals surface area contributed by atoms with Gasteiger partial charge in [-0.25, -0.2) is 9.78 Å². The fourth-order valence-electron chi connectivity index (χ4n) is 3.74. The highest BCUT2D eigenvalue weighted by molar-refractivity contribution is 5.79. The second kappa shape index (κ2) is 4.98. The minimum Gasteiger partial charge on any atom is -0.480 e. The van der Waals surface area contributed by atoms with Crippen molar-refractivity contribution < 1.29 is 14.8 Å². The van der Waals surface area contributed by atoms with E-state index < -0.39 is 16.9 Å². The summed E-state index contributed by atoms with van der Waals surface area (Å²) in [7, 11) is 0. The van der Waals surface area contributed by atoms with E-state index in [1.165, 1.54) is 6.20 Å². The third-order valence-electron chi connectivity index (χ3n) is 4.70. The van der Waals surface area contributed by atoms with Gasteiger partial charge in [0.25, 0.3) is 5.69 Å². The summed E-state index contributed by atoms with van der Waals surface area (Å²) in [6.45, 7) is 2.32. The molecule has 0 spiro atoms. The lowest BCUT2D eigenvalue weighted by atomic mass is 9.94. The zero-order valence-electron chi connectivity index (χ0n) is 11.7. The van der Waals surface area contributed by atoms with Crippen LogP contribution in [0.15, 0.2) is 12.3 Å². The summed E-state index contributed by atoms with van der Waals surface area (Å²) in [5.41, 5.74) is 0.469. The first-order valence-corrected chi connectivity index (χ1v) is 7.09. The molecular formula is C14H17N3O4. The first-order valence-electron chi connectivity index (χ1n) is 7.09. The predicted octanol–water partition coefficient (Wildman–Crippen LogP) is 1.99. The van der Waals surface area contributed by atoms with Gasteiger partial charge in [-0.05, 0) is 37.7 Å². The standard InChI is InChI=1S/C14H17N3O4/c1-8-5-12(15-6-11(8)17(20)21)16-7-9-3-2-4-10(9)13(16)14(18)19/h5-6,9-10,13H,2-4,7H2,1H3,(H,18,19). The number of aliphatic carboxylic acids is 1. The van der Waals surface area contributed by atoms with Gasteiger partial charge in [-0.2, -0.15) is 0 Å². The number of anilines is 1. The van der Waals surface area contributed by atoms with E-state index in [0.717, 1.165) is 19.3 Å². The quantitative estimate of drug-likeness (QED) is 0.675. The highest BCUT2D eigenvalue weighted by Gasteiger charge is 2.48. The van der Waals surface area contributed by atoms with Crippen molar-refractivity contribution in [2.24, 2.45) is 11.8 Å². The Bertz CT molecular complexity index is 604. The summed E-state index contributed by atoms with van der Waals surface area (Å²) in [5.74, 6) is 0.255. The van der Waals surface area contributed by atoms with Gasteiger partial charge >= 0.3 is 5.97 Å². The summed E-state index contributed by atoms with van der Waals surface area (Å²) in [6, 6.07) is 1.06. The van der Waals surface area contributed by atoms with Crippen molar-refractivity contribution in [3.8, 4) is 0 Å². The van der Waals surface area contributed by atoms with Crippen LogP contribution >= 0.6 is 0 Å². The molecule has 1 N–H and O–H groups in total. The first kappa shape index (κ1) is 13.8. The number of carboxylic acid groups (broad SMARTS) is 1. The molecule has 7 heteroatoms. The Morgan fingerprint density at radius 3 is 2.90 bits per heavy atom. The molecule has 2 fully saturated rings. The fourth-order valence-corrected chi connectivity index (χ4v) is 3.74. The summed E-state index contributed by atoms with van der Waals surface area (Å²) >= 11 is 0. The second-order valence-electron chi connectivity index (χ2n) is 5.88. The number of carboxylic acids is 1. The Hall–Kier alpha value is -2.18. The number of nitrogens with zero attached hydrogens (tertiary/aromatic N) is 3. The van der Waals surface area contributed by atoms with E-state index in [9.17, 15) is 20.0 Å². The molecule has 112 valence electrons. The van der Waals surface area contributed by atoms with Gasteiger partial charge in [0.15, 0.2) is 0 Å². The SMILES string of the molecule is Cc1cc(N2CC3CCCC3C2C(=O)O)ncc1[N+](=O)[O-]. The van der Waals surface area contributed by atoms with Crippen molar-refractivity contribution in [3.63, 3.8) is 0 Å². The van der Waals surface area contributed by atoms with Crippen LogP contribution in [0.5, 0.6) is 0 Å². The van der Waals surface area contributed by atoms with Crippen molar-refractivity contribution in [1.29, 1.82) is 0 Å². The van der Waals surface area contributed by atoms with Gasteiger partial charge < -0.3 is 10.0 Å². The number of pyridine rings is 1. The molecule has 0 bridgehead atoms. The maximum atomic E-state index is 11.6. The highest BCUT2D eigenvalue weighted by atomic mass is 16.6. The largest absolute Gasteiger partial charge is 0.480 e. The number of carbonyl (C=O) groups is 1. The van der Waals surface area contributed by atoms with Crippen LogP contribution < -0.4 is 4.90 Å². The molecule has 1 saturated carbocycles. The lowest BCUT2D eigenvalue weighted by Crippen LogP contribution is -2.40. The number of aryl methyl sites for hydroxylation is 1. The number of nitro groups is 1. The van der Waals surface area contributed by atoms with E-state index in [0.29, 0.717) is 23.8 Å². The second-order valence-corrected chi connectivity index (χ2v) is 5.88. The maximum absolute atomic E-state index is 11.6. The topological polar surface area (TPSA) is 96.6 Å². The van der Waals surface area contributed by atoms with E-state index in [4.69, 9.17) is 0 Å². The van der Waals surface area contributed by atoms with Crippen LogP contribution in [-0.4, -0.2) is 33.6 Å². The van der Waals surface area contributed by atoms with E-state index in [-0.39, 0.29) is 11.6 Å². The normalized spacial score (nSPS) is 27.7. The van der Waals surface area contributed by atoms with E-state index >= 15 is 0 Å². The van der Waals surface area contributed by atoms with Crippen LogP contribution in [0.1, 0.15) is 24.8 Å². The van der Waals surface area contributed by atoms with Gasteiger partial charge in [-0.3, -0.25) is 10.1 Å². The van der Waals surface area contributed by atoms with Gasteiger partial charge in [0.1, 0.15) is 18.1 Å². The van der Waals surface area contributed by atoms with E-state index in [1.54, 1.807) is 17.9 Å². The van der Waals surface area contributed by atoms with Crippen molar-refractivity contribution in [2.75, 3.05) is 11.4 Å². The zero-order chi connectivity index (χ0) is 15.1. The molecular weight excluding hydrogens is 274 g/mol. The molecule has 3 atom stereocenters. The number of aromatic nitrogens is 1. The summed E-state index contributed by atoms with van der Waals surface area (Å²) in [5, 5.41) is 20.4. The van der Waals surface area contributed by atoms with Crippen LogP contribution in [0.4, 0.5) is 11.5 Å². The maximum Gasteiger partial charge on any atom is 0.326 e. The number of hydrogen-bond donors (Lipinski definition) is 1. The minimum absolute atomic E-state index is 0.0370. The van der Waals surface area contributed by atoms with E-state index in [2.05, 4.69) is 4.98 Å². The Morgan fingerprint density at radius 2 is 2.29 bits per heavy atom. The van der Waals surface area contributed by atoms with Crippen molar-refractivity contribution in [1.82, 2.24) is 4.98 Å². The first-order chi connectivity index (χ1) is 9.99. The summed E-state index contributed by atoms with van der Waals surface area (Å²) < 4.78 is 0. The molecule has 1 aliphatic carbocycles. The van der Waals surface area contributed by atoms with Gasteiger partial charge in [-0.15, -0.1) is 0 Å².